The summed E-state index contributed by atoms with van der Waals surface area (Å²) in [5, 5.41) is 13.5. The van der Waals surface area contributed by atoms with Crippen LogP contribution in [-0.4, -0.2) is 28.2 Å². The molecule has 0 saturated heterocycles. The molecule has 2 amide bonds. The number of nitrogens with one attached hydrogen (secondary N) is 1. The molecule has 0 atom stereocenters. The van der Waals surface area contributed by atoms with Crippen molar-refractivity contribution in [1.82, 2.24) is 10.2 Å². The van der Waals surface area contributed by atoms with Gasteiger partial charge in [-0.15, -0.1) is 0 Å². The summed E-state index contributed by atoms with van der Waals surface area (Å²) >= 11 is 0. The Kier molecular flexibility index (Phi) is 6.59. The Bertz CT molecular complexity index is 1030. The highest BCUT2D eigenvalue weighted by molar-refractivity contribution is 5.96. The monoisotopic (exact) mass is 407 g/mol. The molecule has 1 N–H and O–H groups in total. The predicted molar refractivity (Wildman–Crippen MR) is 110 cm³/mol. The summed E-state index contributed by atoms with van der Waals surface area (Å²) in [6.07, 6.45) is 1.54. The first-order chi connectivity index (χ1) is 14.4. The van der Waals surface area contributed by atoms with Crippen molar-refractivity contribution < 1.29 is 18.9 Å². The lowest BCUT2D eigenvalue weighted by molar-refractivity contribution is -0.385. The van der Waals surface area contributed by atoms with E-state index in [1.807, 2.05) is 30.3 Å². The fourth-order valence-electron chi connectivity index (χ4n) is 3.00. The number of amides is 2. The van der Waals surface area contributed by atoms with Gasteiger partial charge in [0.25, 0.3) is 11.6 Å². The van der Waals surface area contributed by atoms with Crippen molar-refractivity contribution in [1.29, 1.82) is 0 Å². The molecule has 2 aromatic carbocycles. The van der Waals surface area contributed by atoms with Crippen LogP contribution in [0, 0.1) is 17.0 Å². The number of nitro benzene ring substituents is 1. The van der Waals surface area contributed by atoms with Gasteiger partial charge in [0.15, 0.2) is 0 Å². The van der Waals surface area contributed by atoms with Gasteiger partial charge in [-0.3, -0.25) is 19.7 Å². The van der Waals surface area contributed by atoms with Crippen molar-refractivity contribution in [3.05, 3.63) is 99.5 Å². The van der Waals surface area contributed by atoms with Crippen LogP contribution in [0.15, 0.2) is 71.3 Å². The average Bonchev–Trinajstić information content (AvgIpc) is 3.25. The quantitative estimate of drug-likeness (QED) is 0.455. The number of rotatable bonds is 8. The molecule has 0 aliphatic carbocycles. The first-order valence-electron chi connectivity index (χ1n) is 9.31. The summed E-state index contributed by atoms with van der Waals surface area (Å²) in [5.41, 5.74) is 1.53. The molecule has 30 heavy (non-hydrogen) atoms. The van der Waals surface area contributed by atoms with Crippen molar-refractivity contribution >= 4 is 17.5 Å². The second-order valence-electron chi connectivity index (χ2n) is 6.76. The first-order valence-corrected chi connectivity index (χ1v) is 9.31. The van der Waals surface area contributed by atoms with E-state index >= 15 is 0 Å². The molecule has 154 valence electrons. The molecule has 3 aromatic rings. The van der Waals surface area contributed by atoms with Crippen LogP contribution in [0.3, 0.4) is 0 Å². The molecule has 1 aromatic heterocycles. The van der Waals surface area contributed by atoms with Gasteiger partial charge in [-0.1, -0.05) is 30.3 Å². The van der Waals surface area contributed by atoms with Crippen molar-refractivity contribution in [2.24, 2.45) is 0 Å². The zero-order valence-corrected chi connectivity index (χ0v) is 16.4. The van der Waals surface area contributed by atoms with Gasteiger partial charge in [0.2, 0.25) is 5.91 Å². The average molecular weight is 407 g/mol. The lowest BCUT2D eigenvalue weighted by Crippen LogP contribution is -2.39. The second-order valence-corrected chi connectivity index (χ2v) is 6.76. The topological polar surface area (TPSA) is 106 Å². The molecular weight excluding hydrogens is 386 g/mol. The van der Waals surface area contributed by atoms with E-state index in [-0.39, 0.29) is 30.2 Å². The molecule has 0 fully saturated rings. The van der Waals surface area contributed by atoms with Gasteiger partial charge in [-0.25, -0.2) is 0 Å². The van der Waals surface area contributed by atoms with E-state index in [1.54, 1.807) is 30.2 Å². The summed E-state index contributed by atoms with van der Waals surface area (Å²) < 4.78 is 5.35. The molecule has 8 nitrogen and oxygen atoms in total. The number of nitrogens with zero attached hydrogens (tertiary/aromatic N) is 2. The summed E-state index contributed by atoms with van der Waals surface area (Å²) in [7, 11) is 0. The minimum atomic E-state index is -0.503. The van der Waals surface area contributed by atoms with E-state index in [0.717, 1.165) is 5.56 Å². The fourth-order valence-corrected chi connectivity index (χ4v) is 3.00. The number of aryl methyl sites for hydroxylation is 1. The van der Waals surface area contributed by atoms with Gasteiger partial charge in [-0.05, 0) is 36.8 Å². The minimum absolute atomic E-state index is 0.0601. The molecule has 3 rings (SSSR count). The Morgan fingerprint density at radius 3 is 2.47 bits per heavy atom. The van der Waals surface area contributed by atoms with Crippen LogP contribution in [0.1, 0.15) is 27.2 Å². The summed E-state index contributed by atoms with van der Waals surface area (Å²) in [5.74, 6) is -0.113. The maximum absolute atomic E-state index is 12.8. The van der Waals surface area contributed by atoms with Crippen molar-refractivity contribution in [2.45, 2.75) is 20.0 Å². The number of nitro groups is 1. The van der Waals surface area contributed by atoms with Crippen LogP contribution in [0.4, 0.5) is 5.69 Å². The lowest BCUT2D eigenvalue weighted by Gasteiger charge is -2.22. The zero-order chi connectivity index (χ0) is 21.5. The number of furan rings is 1. The first kappa shape index (κ1) is 20.8. The molecule has 0 spiro atoms. The fraction of sp³-hybridized carbons (Fsp3) is 0.182. The highest BCUT2D eigenvalue weighted by Gasteiger charge is 2.18. The third kappa shape index (κ3) is 5.32. The molecule has 8 heteroatoms. The smallest absolute Gasteiger partial charge is 0.272 e. The van der Waals surface area contributed by atoms with Gasteiger partial charge >= 0.3 is 0 Å². The maximum atomic E-state index is 12.8. The van der Waals surface area contributed by atoms with E-state index in [0.29, 0.717) is 17.9 Å². The molecule has 0 unspecified atom stereocenters. The standard InChI is InChI=1S/C22H21N3O5/c1-16-12-18(9-10-20(16)25(28)29)22(27)23-13-21(26)24(15-19-8-5-11-30-19)14-17-6-3-2-4-7-17/h2-12H,13-15H2,1H3,(H,23,27). The van der Waals surface area contributed by atoms with Crippen molar-refractivity contribution in [2.75, 3.05) is 6.54 Å². The van der Waals surface area contributed by atoms with Crippen LogP contribution < -0.4 is 5.32 Å². The molecular formula is C22H21N3O5. The Balaban J connectivity index is 1.66. The normalized spacial score (nSPS) is 10.4. The Morgan fingerprint density at radius 2 is 1.83 bits per heavy atom. The van der Waals surface area contributed by atoms with E-state index in [1.165, 1.54) is 18.2 Å². The van der Waals surface area contributed by atoms with E-state index in [2.05, 4.69) is 5.32 Å². The van der Waals surface area contributed by atoms with Crippen LogP contribution >= 0.6 is 0 Å². The highest BCUT2D eigenvalue weighted by Crippen LogP contribution is 2.18. The lowest BCUT2D eigenvalue weighted by atomic mass is 10.1. The Morgan fingerprint density at radius 1 is 1.07 bits per heavy atom. The van der Waals surface area contributed by atoms with Crippen molar-refractivity contribution in [3.63, 3.8) is 0 Å². The SMILES string of the molecule is Cc1cc(C(=O)NCC(=O)N(Cc2ccccc2)Cc2ccco2)ccc1[N+](=O)[O-]. The predicted octanol–water partition coefficient (Wildman–Crippen LogP) is 3.46. The number of carbonyl (C=O) groups excluding carboxylic acids is 2. The summed E-state index contributed by atoms with van der Waals surface area (Å²) in [4.78, 5) is 37.2. The maximum Gasteiger partial charge on any atom is 0.272 e. The second kappa shape index (κ2) is 9.51. The summed E-state index contributed by atoms with van der Waals surface area (Å²) in [6, 6.07) is 17.1. The third-order valence-electron chi connectivity index (χ3n) is 4.55. The van der Waals surface area contributed by atoms with Gasteiger partial charge < -0.3 is 14.6 Å². The molecule has 0 bridgehead atoms. The Labute approximate surface area is 173 Å². The van der Waals surface area contributed by atoms with Gasteiger partial charge in [-0.2, -0.15) is 0 Å². The molecule has 0 aliphatic heterocycles. The third-order valence-corrected chi connectivity index (χ3v) is 4.55. The van der Waals surface area contributed by atoms with E-state index < -0.39 is 10.8 Å². The van der Waals surface area contributed by atoms with Crippen LogP contribution in [0.25, 0.3) is 0 Å². The van der Waals surface area contributed by atoms with E-state index in [9.17, 15) is 19.7 Å². The van der Waals surface area contributed by atoms with Crippen molar-refractivity contribution in [3.8, 4) is 0 Å². The van der Waals surface area contributed by atoms with Gasteiger partial charge in [0, 0.05) is 23.7 Å². The van der Waals surface area contributed by atoms with Gasteiger partial charge in [0.05, 0.1) is 24.3 Å². The van der Waals surface area contributed by atoms with Crippen LogP contribution in [-0.2, 0) is 17.9 Å². The number of hydrogen-bond donors (Lipinski definition) is 1. The van der Waals surface area contributed by atoms with E-state index in [4.69, 9.17) is 4.42 Å². The number of carbonyl (C=O) groups is 2. The zero-order valence-electron chi connectivity index (χ0n) is 16.4. The largest absolute Gasteiger partial charge is 0.467 e. The van der Waals surface area contributed by atoms with Gasteiger partial charge in [0.1, 0.15) is 5.76 Å². The Hall–Kier alpha value is -3.94. The number of hydrogen-bond acceptors (Lipinski definition) is 5. The minimum Gasteiger partial charge on any atom is -0.467 e. The molecule has 0 saturated carbocycles. The molecule has 0 radical (unpaired) electrons. The molecule has 1 heterocycles. The highest BCUT2D eigenvalue weighted by atomic mass is 16.6. The number of benzene rings is 2. The summed E-state index contributed by atoms with van der Waals surface area (Å²) in [6.45, 7) is 1.99. The van der Waals surface area contributed by atoms with Crippen LogP contribution in [0.2, 0.25) is 0 Å². The van der Waals surface area contributed by atoms with Crippen LogP contribution in [0.5, 0.6) is 0 Å². The molecule has 0 aliphatic rings.